The van der Waals surface area contributed by atoms with Crippen molar-refractivity contribution >= 4 is 33.8 Å². The molecule has 118 valence electrons. The van der Waals surface area contributed by atoms with Gasteiger partial charge in [-0.15, -0.1) is 11.3 Å². The maximum absolute atomic E-state index is 11.3. The number of nitrogens with zero attached hydrogens (tertiary/aromatic N) is 2. The first-order chi connectivity index (χ1) is 11.1. The van der Waals surface area contributed by atoms with Crippen LogP contribution in [0.2, 0.25) is 5.02 Å². The van der Waals surface area contributed by atoms with E-state index < -0.39 is 0 Å². The van der Waals surface area contributed by atoms with E-state index in [2.05, 4.69) is 16.3 Å². The van der Waals surface area contributed by atoms with Crippen molar-refractivity contribution in [3.8, 4) is 6.07 Å². The third-order valence-electron chi connectivity index (χ3n) is 3.89. The number of benzene rings is 1. The summed E-state index contributed by atoms with van der Waals surface area (Å²) in [5.74, 6) is -0.145. The Labute approximate surface area is 144 Å². The molecular formula is C17H16ClN3OS. The van der Waals surface area contributed by atoms with Crippen molar-refractivity contribution in [3.05, 3.63) is 50.9 Å². The molecule has 0 fully saturated rings. The van der Waals surface area contributed by atoms with Crippen molar-refractivity contribution in [2.45, 2.75) is 26.4 Å². The quantitative estimate of drug-likeness (QED) is 0.920. The van der Waals surface area contributed by atoms with Crippen LogP contribution < -0.4 is 5.32 Å². The average Bonchev–Trinajstić information content (AvgIpc) is 2.85. The highest BCUT2D eigenvalue weighted by atomic mass is 35.5. The van der Waals surface area contributed by atoms with Crippen LogP contribution in [0, 0.1) is 11.3 Å². The monoisotopic (exact) mass is 345 g/mol. The molecule has 0 radical (unpaired) electrons. The second-order valence-corrected chi connectivity index (χ2v) is 7.07. The van der Waals surface area contributed by atoms with Gasteiger partial charge in [-0.1, -0.05) is 29.8 Å². The Morgan fingerprint density at radius 3 is 2.96 bits per heavy atom. The highest BCUT2D eigenvalue weighted by Crippen LogP contribution is 2.37. The minimum atomic E-state index is -0.145. The van der Waals surface area contributed by atoms with E-state index in [0.29, 0.717) is 10.6 Å². The number of hydrogen-bond donors (Lipinski definition) is 1. The number of hydrogen-bond acceptors (Lipinski definition) is 4. The third kappa shape index (κ3) is 3.40. The lowest BCUT2D eigenvalue weighted by Gasteiger charge is -2.27. The minimum absolute atomic E-state index is 0.145. The molecule has 0 saturated heterocycles. The number of thiophene rings is 1. The van der Waals surface area contributed by atoms with Crippen LogP contribution in [0.4, 0.5) is 5.00 Å². The molecule has 3 rings (SSSR count). The van der Waals surface area contributed by atoms with E-state index in [4.69, 9.17) is 11.6 Å². The van der Waals surface area contributed by atoms with Crippen molar-refractivity contribution in [1.29, 1.82) is 5.26 Å². The zero-order valence-electron chi connectivity index (χ0n) is 12.7. The van der Waals surface area contributed by atoms with E-state index in [9.17, 15) is 10.1 Å². The molecule has 1 aliphatic heterocycles. The van der Waals surface area contributed by atoms with E-state index in [0.717, 1.165) is 47.1 Å². The standard InChI is InChI=1S/C17H16ClN3OS/c1-11(22)20-17-14(8-19)13-6-7-21(10-16(13)23-17)9-12-4-2-3-5-15(12)18/h2-5H,6-7,9-10H2,1H3,(H,20,22). The largest absolute Gasteiger partial charge is 0.317 e. The SMILES string of the molecule is CC(=O)Nc1sc2c(c1C#N)CCN(Cc1ccccc1Cl)C2. The molecule has 2 heterocycles. The summed E-state index contributed by atoms with van der Waals surface area (Å²) >= 11 is 7.74. The molecule has 0 aliphatic carbocycles. The molecule has 0 bridgehead atoms. The summed E-state index contributed by atoms with van der Waals surface area (Å²) < 4.78 is 0. The first-order valence-electron chi connectivity index (χ1n) is 7.36. The number of halogens is 1. The van der Waals surface area contributed by atoms with E-state index in [1.54, 1.807) is 0 Å². The van der Waals surface area contributed by atoms with E-state index in [-0.39, 0.29) is 5.91 Å². The molecule has 0 unspecified atom stereocenters. The molecule has 1 aromatic heterocycles. The number of nitriles is 1. The smallest absolute Gasteiger partial charge is 0.221 e. The number of fused-ring (bicyclic) bond motifs is 1. The first-order valence-corrected chi connectivity index (χ1v) is 8.56. The molecule has 1 aromatic carbocycles. The molecule has 2 aromatic rings. The van der Waals surface area contributed by atoms with Gasteiger partial charge in [0.05, 0.1) is 5.56 Å². The summed E-state index contributed by atoms with van der Waals surface area (Å²) in [4.78, 5) is 14.8. The van der Waals surface area contributed by atoms with E-state index in [1.165, 1.54) is 18.3 Å². The number of amides is 1. The Balaban J connectivity index is 1.81. The Hall–Kier alpha value is -1.87. The molecule has 1 aliphatic rings. The topological polar surface area (TPSA) is 56.1 Å². The molecule has 1 N–H and O–H groups in total. The molecule has 0 atom stereocenters. The summed E-state index contributed by atoms with van der Waals surface area (Å²) in [6, 6.07) is 10.1. The van der Waals surface area contributed by atoms with Gasteiger partial charge in [-0.05, 0) is 23.6 Å². The van der Waals surface area contributed by atoms with Gasteiger partial charge >= 0.3 is 0 Å². The van der Waals surface area contributed by atoms with Crippen molar-refractivity contribution in [2.24, 2.45) is 0 Å². The van der Waals surface area contributed by atoms with Gasteiger partial charge in [0.15, 0.2) is 0 Å². The Morgan fingerprint density at radius 2 is 2.26 bits per heavy atom. The summed E-state index contributed by atoms with van der Waals surface area (Å²) in [7, 11) is 0. The van der Waals surface area contributed by atoms with Gasteiger partial charge in [0.1, 0.15) is 11.1 Å². The average molecular weight is 346 g/mol. The summed E-state index contributed by atoms with van der Waals surface area (Å²) in [5.41, 5.74) is 2.81. The zero-order chi connectivity index (χ0) is 16.4. The van der Waals surface area contributed by atoms with Gasteiger partial charge in [0.2, 0.25) is 5.91 Å². The van der Waals surface area contributed by atoms with Crippen LogP contribution in [0.15, 0.2) is 24.3 Å². The van der Waals surface area contributed by atoms with Crippen LogP contribution in [0.3, 0.4) is 0 Å². The van der Waals surface area contributed by atoms with Gasteiger partial charge in [0.25, 0.3) is 0 Å². The van der Waals surface area contributed by atoms with Gasteiger partial charge in [-0.25, -0.2) is 0 Å². The maximum Gasteiger partial charge on any atom is 0.221 e. The fourth-order valence-corrected chi connectivity index (χ4v) is 4.31. The number of rotatable bonds is 3. The lowest BCUT2D eigenvalue weighted by molar-refractivity contribution is -0.114. The predicted octanol–water partition coefficient (Wildman–Crippen LogP) is 3.79. The van der Waals surface area contributed by atoms with Gasteiger partial charge < -0.3 is 5.32 Å². The van der Waals surface area contributed by atoms with Crippen LogP contribution in [0.5, 0.6) is 0 Å². The summed E-state index contributed by atoms with van der Waals surface area (Å²) in [5, 5.41) is 13.6. The third-order valence-corrected chi connectivity index (χ3v) is 5.39. The van der Waals surface area contributed by atoms with Crippen LogP contribution in [-0.2, 0) is 24.3 Å². The molecule has 23 heavy (non-hydrogen) atoms. The lowest BCUT2D eigenvalue weighted by Crippen LogP contribution is -2.29. The molecule has 1 amide bonds. The fourth-order valence-electron chi connectivity index (χ4n) is 2.83. The van der Waals surface area contributed by atoms with Crippen LogP contribution in [0.25, 0.3) is 0 Å². The second-order valence-electron chi connectivity index (χ2n) is 5.55. The number of carbonyl (C=O) groups excluding carboxylic acids is 1. The first kappa shape index (κ1) is 16.0. The number of carbonyl (C=O) groups is 1. The normalized spacial score (nSPS) is 14.1. The molecular weight excluding hydrogens is 330 g/mol. The zero-order valence-corrected chi connectivity index (χ0v) is 14.3. The van der Waals surface area contributed by atoms with Crippen LogP contribution in [-0.4, -0.2) is 17.4 Å². The highest BCUT2D eigenvalue weighted by molar-refractivity contribution is 7.16. The van der Waals surface area contributed by atoms with Crippen LogP contribution in [0.1, 0.15) is 28.5 Å². The molecule has 0 saturated carbocycles. The number of nitrogens with one attached hydrogen (secondary N) is 1. The van der Waals surface area contributed by atoms with Gasteiger partial charge in [-0.3, -0.25) is 9.69 Å². The Kier molecular flexibility index (Phi) is 4.67. The molecule has 0 spiro atoms. The summed E-state index contributed by atoms with van der Waals surface area (Å²) in [6.45, 7) is 3.90. The van der Waals surface area contributed by atoms with E-state index in [1.807, 2.05) is 24.3 Å². The van der Waals surface area contributed by atoms with Gasteiger partial charge in [-0.2, -0.15) is 5.26 Å². The van der Waals surface area contributed by atoms with Gasteiger partial charge in [0, 0.05) is 36.5 Å². The van der Waals surface area contributed by atoms with Crippen LogP contribution >= 0.6 is 22.9 Å². The molecule has 4 nitrogen and oxygen atoms in total. The Morgan fingerprint density at radius 1 is 1.48 bits per heavy atom. The van der Waals surface area contributed by atoms with E-state index >= 15 is 0 Å². The maximum atomic E-state index is 11.3. The number of anilines is 1. The predicted molar refractivity (Wildman–Crippen MR) is 92.6 cm³/mol. The van der Waals surface area contributed by atoms with Crippen molar-refractivity contribution in [2.75, 3.05) is 11.9 Å². The molecule has 6 heteroatoms. The van der Waals surface area contributed by atoms with Crippen molar-refractivity contribution in [1.82, 2.24) is 4.90 Å². The van der Waals surface area contributed by atoms with Crippen molar-refractivity contribution in [3.63, 3.8) is 0 Å². The summed E-state index contributed by atoms with van der Waals surface area (Å²) in [6.07, 6.45) is 0.818. The Bertz CT molecular complexity index is 794. The second kappa shape index (κ2) is 6.71. The lowest BCUT2D eigenvalue weighted by atomic mass is 10.0. The highest BCUT2D eigenvalue weighted by Gasteiger charge is 2.25. The fraction of sp³-hybridized carbons (Fsp3) is 0.294. The van der Waals surface area contributed by atoms with Crippen molar-refractivity contribution < 1.29 is 4.79 Å². The minimum Gasteiger partial charge on any atom is -0.317 e.